The van der Waals surface area contributed by atoms with E-state index >= 15 is 0 Å². The lowest BCUT2D eigenvalue weighted by Crippen LogP contribution is -2.16. The lowest BCUT2D eigenvalue weighted by Gasteiger charge is -2.13. The number of nitrogens with zero attached hydrogens (tertiary/aromatic N) is 1. The molecule has 0 aliphatic heterocycles. The SMILES string of the molecule is CCCOC(C)Cc1ccc(C(=O)Nc2cccc(Oc3ccc(Cl)cc3)c2)c(C)n1. The molecule has 1 aromatic heterocycles. The average Bonchev–Trinajstić information content (AvgIpc) is 2.74. The van der Waals surface area contributed by atoms with E-state index in [9.17, 15) is 4.79 Å². The fraction of sp³-hybridized carbons (Fsp3) is 0.280. The Bertz CT molecular complexity index is 1020. The van der Waals surface area contributed by atoms with Gasteiger partial charge < -0.3 is 14.8 Å². The van der Waals surface area contributed by atoms with Crippen LogP contribution in [0.1, 0.15) is 42.0 Å². The molecule has 0 fully saturated rings. The van der Waals surface area contributed by atoms with E-state index in [1.807, 2.05) is 44.2 Å². The van der Waals surface area contributed by atoms with Crippen molar-refractivity contribution in [1.82, 2.24) is 4.98 Å². The molecule has 0 radical (unpaired) electrons. The summed E-state index contributed by atoms with van der Waals surface area (Å²) in [6, 6.07) is 18.0. The first-order valence-electron chi connectivity index (χ1n) is 10.4. The summed E-state index contributed by atoms with van der Waals surface area (Å²) in [5.74, 6) is 1.07. The highest BCUT2D eigenvalue weighted by atomic mass is 35.5. The monoisotopic (exact) mass is 438 g/mol. The van der Waals surface area contributed by atoms with E-state index in [1.54, 1.807) is 30.3 Å². The van der Waals surface area contributed by atoms with Crippen molar-refractivity contribution in [3.8, 4) is 11.5 Å². The summed E-state index contributed by atoms with van der Waals surface area (Å²) in [6.07, 6.45) is 1.80. The first kappa shape index (κ1) is 22.8. The molecule has 0 saturated carbocycles. The number of amides is 1. The highest BCUT2D eigenvalue weighted by Crippen LogP contribution is 2.25. The number of nitrogens with one attached hydrogen (secondary N) is 1. The third kappa shape index (κ3) is 6.81. The topological polar surface area (TPSA) is 60.5 Å². The predicted molar refractivity (Wildman–Crippen MR) is 124 cm³/mol. The van der Waals surface area contributed by atoms with Gasteiger partial charge >= 0.3 is 0 Å². The van der Waals surface area contributed by atoms with Crippen LogP contribution in [0, 0.1) is 6.92 Å². The van der Waals surface area contributed by atoms with Crippen molar-refractivity contribution in [1.29, 1.82) is 0 Å². The summed E-state index contributed by atoms with van der Waals surface area (Å²) in [4.78, 5) is 17.4. The van der Waals surface area contributed by atoms with Crippen molar-refractivity contribution in [3.63, 3.8) is 0 Å². The van der Waals surface area contributed by atoms with Crippen LogP contribution in [0.4, 0.5) is 5.69 Å². The standard InChI is InChI=1S/C25H27ClN2O3/c1-4-14-30-17(2)15-21-10-13-24(18(3)27-21)25(29)28-20-6-5-7-23(16-20)31-22-11-8-19(26)9-12-22/h5-13,16-17H,4,14-15H2,1-3H3,(H,28,29). The van der Waals surface area contributed by atoms with Gasteiger partial charge in [0.2, 0.25) is 0 Å². The molecular formula is C25H27ClN2O3. The summed E-state index contributed by atoms with van der Waals surface area (Å²) in [5.41, 5.74) is 2.78. The predicted octanol–water partition coefficient (Wildman–Crippen LogP) is 6.45. The highest BCUT2D eigenvalue weighted by Gasteiger charge is 2.13. The van der Waals surface area contributed by atoms with Gasteiger partial charge in [-0.1, -0.05) is 24.6 Å². The van der Waals surface area contributed by atoms with Crippen LogP contribution < -0.4 is 10.1 Å². The number of carbonyl (C=O) groups excluding carboxylic acids is 1. The van der Waals surface area contributed by atoms with E-state index in [0.29, 0.717) is 39.9 Å². The van der Waals surface area contributed by atoms with Gasteiger partial charge in [-0.05, 0) is 68.8 Å². The number of halogens is 1. The number of hydrogen-bond acceptors (Lipinski definition) is 4. The average molecular weight is 439 g/mol. The number of hydrogen-bond donors (Lipinski definition) is 1. The van der Waals surface area contributed by atoms with Gasteiger partial charge in [-0.3, -0.25) is 9.78 Å². The van der Waals surface area contributed by atoms with Crippen LogP contribution in [0.3, 0.4) is 0 Å². The van der Waals surface area contributed by atoms with Crippen molar-refractivity contribution in [2.24, 2.45) is 0 Å². The van der Waals surface area contributed by atoms with E-state index in [4.69, 9.17) is 21.1 Å². The van der Waals surface area contributed by atoms with Crippen LogP contribution in [-0.4, -0.2) is 23.6 Å². The second-order valence-electron chi connectivity index (χ2n) is 7.36. The molecule has 1 N–H and O–H groups in total. The first-order chi connectivity index (χ1) is 14.9. The molecular weight excluding hydrogens is 412 g/mol. The van der Waals surface area contributed by atoms with Crippen molar-refractivity contribution in [2.75, 3.05) is 11.9 Å². The number of pyridine rings is 1. The number of rotatable bonds is 9. The fourth-order valence-electron chi connectivity index (χ4n) is 3.11. The number of benzene rings is 2. The molecule has 0 aliphatic rings. The fourth-order valence-corrected chi connectivity index (χ4v) is 3.24. The maximum absolute atomic E-state index is 12.8. The summed E-state index contributed by atoms with van der Waals surface area (Å²) < 4.78 is 11.5. The molecule has 0 bridgehead atoms. The minimum absolute atomic E-state index is 0.0925. The van der Waals surface area contributed by atoms with Gasteiger partial charge in [-0.2, -0.15) is 0 Å². The number of aryl methyl sites for hydroxylation is 1. The summed E-state index contributed by atoms with van der Waals surface area (Å²) in [6.45, 7) is 6.70. The van der Waals surface area contributed by atoms with Gasteiger partial charge in [0.1, 0.15) is 11.5 Å². The third-order valence-corrected chi connectivity index (χ3v) is 4.88. The molecule has 1 unspecified atom stereocenters. The zero-order chi connectivity index (χ0) is 22.2. The lowest BCUT2D eigenvalue weighted by atomic mass is 10.1. The van der Waals surface area contributed by atoms with E-state index < -0.39 is 0 Å². The molecule has 162 valence electrons. The second kappa shape index (κ2) is 10.9. The number of anilines is 1. The number of ether oxygens (including phenoxy) is 2. The Labute approximate surface area is 188 Å². The van der Waals surface area contributed by atoms with Gasteiger partial charge in [0.15, 0.2) is 0 Å². The van der Waals surface area contributed by atoms with Crippen LogP contribution in [0.5, 0.6) is 11.5 Å². The molecule has 1 heterocycles. The third-order valence-electron chi connectivity index (χ3n) is 4.63. The maximum atomic E-state index is 12.8. The molecule has 0 saturated heterocycles. The van der Waals surface area contributed by atoms with Crippen molar-refractivity contribution >= 4 is 23.2 Å². The molecule has 6 heteroatoms. The minimum atomic E-state index is -0.213. The van der Waals surface area contributed by atoms with Crippen LogP contribution >= 0.6 is 11.6 Å². The quantitative estimate of drug-likeness (QED) is 0.417. The molecule has 5 nitrogen and oxygen atoms in total. The molecule has 31 heavy (non-hydrogen) atoms. The van der Waals surface area contributed by atoms with Crippen LogP contribution in [-0.2, 0) is 11.2 Å². The van der Waals surface area contributed by atoms with Crippen molar-refractivity contribution in [2.45, 2.75) is 39.7 Å². The Kier molecular flexibility index (Phi) is 8.04. The normalized spacial score (nSPS) is 11.7. The van der Waals surface area contributed by atoms with Gasteiger partial charge in [-0.25, -0.2) is 0 Å². The van der Waals surface area contributed by atoms with E-state index in [1.165, 1.54) is 0 Å². The summed E-state index contributed by atoms with van der Waals surface area (Å²) in [5, 5.41) is 3.56. The smallest absolute Gasteiger partial charge is 0.257 e. The van der Waals surface area contributed by atoms with E-state index in [2.05, 4.69) is 17.2 Å². The number of aromatic nitrogens is 1. The summed E-state index contributed by atoms with van der Waals surface area (Å²) >= 11 is 5.91. The van der Waals surface area contributed by atoms with Crippen LogP contribution in [0.2, 0.25) is 5.02 Å². The number of carbonyl (C=O) groups is 1. The molecule has 0 spiro atoms. The zero-order valence-electron chi connectivity index (χ0n) is 18.0. The highest BCUT2D eigenvalue weighted by molar-refractivity contribution is 6.30. The molecule has 1 amide bonds. The van der Waals surface area contributed by atoms with Gasteiger partial charge in [-0.15, -0.1) is 0 Å². The minimum Gasteiger partial charge on any atom is -0.457 e. The second-order valence-corrected chi connectivity index (χ2v) is 7.80. The Morgan fingerprint density at radius 3 is 2.58 bits per heavy atom. The van der Waals surface area contributed by atoms with Gasteiger partial charge in [0.25, 0.3) is 5.91 Å². The van der Waals surface area contributed by atoms with E-state index in [-0.39, 0.29) is 12.0 Å². The maximum Gasteiger partial charge on any atom is 0.257 e. The molecule has 2 aromatic carbocycles. The zero-order valence-corrected chi connectivity index (χ0v) is 18.8. The van der Waals surface area contributed by atoms with Gasteiger partial charge in [0.05, 0.1) is 17.4 Å². The van der Waals surface area contributed by atoms with Crippen molar-refractivity contribution in [3.05, 3.63) is 82.6 Å². The Balaban J connectivity index is 1.65. The molecule has 0 aliphatic carbocycles. The first-order valence-corrected chi connectivity index (χ1v) is 10.8. The largest absolute Gasteiger partial charge is 0.457 e. The Morgan fingerprint density at radius 1 is 1.10 bits per heavy atom. The Hall–Kier alpha value is -2.89. The van der Waals surface area contributed by atoms with Crippen LogP contribution in [0.25, 0.3) is 0 Å². The van der Waals surface area contributed by atoms with Gasteiger partial charge in [0, 0.05) is 35.5 Å². The van der Waals surface area contributed by atoms with Crippen molar-refractivity contribution < 1.29 is 14.3 Å². The lowest BCUT2D eigenvalue weighted by molar-refractivity contribution is 0.0663. The van der Waals surface area contributed by atoms with Crippen LogP contribution in [0.15, 0.2) is 60.7 Å². The summed E-state index contributed by atoms with van der Waals surface area (Å²) in [7, 11) is 0. The van der Waals surface area contributed by atoms with E-state index in [0.717, 1.165) is 18.7 Å². The Morgan fingerprint density at radius 2 is 1.87 bits per heavy atom. The molecule has 3 rings (SSSR count). The molecule has 1 atom stereocenters. The molecule has 3 aromatic rings.